The standard InChI is InChI=1S/C10H15N3O2/c1-3-4-14-13-8-5-11-6-9-10(8)12-7(2)15-9/h3,8,11,13H,1,4-6H2,2H3. The molecule has 0 saturated carbocycles. The number of fused-ring (bicyclic) bond motifs is 1. The van der Waals surface area contributed by atoms with Gasteiger partial charge in [0, 0.05) is 13.5 Å². The number of aromatic nitrogens is 1. The molecule has 0 bridgehead atoms. The van der Waals surface area contributed by atoms with Crippen LogP contribution in [-0.2, 0) is 11.4 Å². The number of oxazole rings is 1. The normalized spacial score (nSPS) is 19.9. The van der Waals surface area contributed by atoms with Crippen molar-refractivity contribution >= 4 is 0 Å². The summed E-state index contributed by atoms with van der Waals surface area (Å²) in [5, 5.41) is 3.23. The van der Waals surface area contributed by atoms with E-state index >= 15 is 0 Å². The van der Waals surface area contributed by atoms with Gasteiger partial charge in [-0.2, -0.15) is 5.48 Å². The molecular formula is C10H15N3O2. The van der Waals surface area contributed by atoms with E-state index in [4.69, 9.17) is 9.25 Å². The highest BCUT2D eigenvalue weighted by atomic mass is 16.6. The molecule has 1 aromatic heterocycles. The van der Waals surface area contributed by atoms with Crippen LogP contribution < -0.4 is 10.8 Å². The molecule has 0 saturated heterocycles. The Hall–Kier alpha value is -1.17. The maximum Gasteiger partial charge on any atom is 0.191 e. The predicted molar refractivity (Wildman–Crippen MR) is 55.0 cm³/mol. The summed E-state index contributed by atoms with van der Waals surface area (Å²) < 4.78 is 5.45. The van der Waals surface area contributed by atoms with Crippen LogP contribution in [0.1, 0.15) is 23.4 Å². The zero-order chi connectivity index (χ0) is 10.7. The highest BCUT2D eigenvalue weighted by molar-refractivity contribution is 5.17. The Morgan fingerprint density at radius 3 is 3.47 bits per heavy atom. The van der Waals surface area contributed by atoms with E-state index in [0.717, 1.165) is 24.5 Å². The molecule has 0 amide bonds. The molecule has 2 N–H and O–H groups in total. The van der Waals surface area contributed by atoms with Gasteiger partial charge in [0.25, 0.3) is 0 Å². The van der Waals surface area contributed by atoms with Gasteiger partial charge in [0.15, 0.2) is 5.89 Å². The molecule has 15 heavy (non-hydrogen) atoms. The number of aryl methyl sites for hydroxylation is 1. The maximum atomic E-state index is 5.45. The second-order valence-corrected chi connectivity index (χ2v) is 3.44. The SMILES string of the molecule is C=CCONC1CNCc2oc(C)nc21. The molecule has 82 valence electrons. The van der Waals surface area contributed by atoms with E-state index in [1.54, 1.807) is 6.08 Å². The molecule has 5 nitrogen and oxygen atoms in total. The molecule has 1 atom stereocenters. The maximum absolute atomic E-state index is 5.45. The summed E-state index contributed by atoms with van der Waals surface area (Å²) in [6.45, 7) is 7.42. The number of hydrogen-bond acceptors (Lipinski definition) is 5. The third-order valence-corrected chi connectivity index (χ3v) is 2.23. The van der Waals surface area contributed by atoms with Crippen LogP contribution >= 0.6 is 0 Å². The van der Waals surface area contributed by atoms with Crippen molar-refractivity contribution in [3.05, 3.63) is 30.0 Å². The van der Waals surface area contributed by atoms with E-state index in [0.29, 0.717) is 12.5 Å². The van der Waals surface area contributed by atoms with Gasteiger partial charge in [0.2, 0.25) is 0 Å². The van der Waals surface area contributed by atoms with Gasteiger partial charge in [-0.25, -0.2) is 4.98 Å². The highest BCUT2D eigenvalue weighted by Crippen LogP contribution is 2.21. The number of nitrogens with zero attached hydrogens (tertiary/aromatic N) is 1. The van der Waals surface area contributed by atoms with Gasteiger partial charge >= 0.3 is 0 Å². The number of rotatable bonds is 4. The van der Waals surface area contributed by atoms with Crippen molar-refractivity contribution in [1.29, 1.82) is 0 Å². The fourth-order valence-corrected chi connectivity index (χ4v) is 1.62. The summed E-state index contributed by atoms with van der Waals surface area (Å²) in [5.41, 5.74) is 3.88. The molecule has 0 spiro atoms. The molecule has 1 aromatic rings. The van der Waals surface area contributed by atoms with Gasteiger partial charge in [0.05, 0.1) is 19.2 Å². The van der Waals surface area contributed by atoms with Crippen LogP contribution in [0.3, 0.4) is 0 Å². The summed E-state index contributed by atoms with van der Waals surface area (Å²) in [4.78, 5) is 9.54. The van der Waals surface area contributed by atoms with Gasteiger partial charge in [-0.3, -0.25) is 4.84 Å². The molecule has 0 aliphatic carbocycles. The highest BCUT2D eigenvalue weighted by Gasteiger charge is 2.25. The van der Waals surface area contributed by atoms with Gasteiger partial charge in [-0.15, -0.1) is 6.58 Å². The van der Waals surface area contributed by atoms with Crippen LogP contribution in [0.15, 0.2) is 17.1 Å². The average Bonchev–Trinajstić information content (AvgIpc) is 2.59. The topological polar surface area (TPSA) is 59.3 Å². The summed E-state index contributed by atoms with van der Waals surface area (Å²) in [6.07, 6.45) is 1.69. The van der Waals surface area contributed by atoms with Crippen LogP contribution in [0, 0.1) is 6.92 Å². The van der Waals surface area contributed by atoms with Gasteiger partial charge < -0.3 is 9.73 Å². The molecule has 1 aliphatic heterocycles. The molecule has 2 rings (SSSR count). The summed E-state index contributed by atoms with van der Waals surface area (Å²) in [5.74, 6) is 1.58. The van der Waals surface area contributed by atoms with E-state index in [1.807, 2.05) is 6.92 Å². The molecule has 1 aliphatic rings. The van der Waals surface area contributed by atoms with Crippen LogP contribution in [0.4, 0.5) is 0 Å². The molecule has 5 heteroatoms. The predicted octanol–water partition coefficient (Wildman–Crippen LogP) is 0.835. The first-order valence-electron chi connectivity index (χ1n) is 4.96. The Morgan fingerprint density at radius 1 is 1.80 bits per heavy atom. The largest absolute Gasteiger partial charge is 0.444 e. The first-order chi connectivity index (χ1) is 7.31. The van der Waals surface area contributed by atoms with Crippen LogP contribution in [0.2, 0.25) is 0 Å². The lowest BCUT2D eigenvalue weighted by Crippen LogP contribution is -2.36. The summed E-state index contributed by atoms with van der Waals surface area (Å²) in [6, 6.07) is 0.0474. The van der Waals surface area contributed by atoms with Crippen molar-refractivity contribution in [3.63, 3.8) is 0 Å². The van der Waals surface area contributed by atoms with Crippen molar-refractivity contribution in [1.82, 2.24) is 15.8 Å². The lowest BCUT2D eigenvalue weighted by molar-refractivity contribution is 0.0308. The molecule has 0 fully saturated rings. The summed E-state index contributed by atoms with van der Waals surface area (Å²) >= 11 is 0. The summed E-state index contributed by atoms with van der Waals surface area (Å²) in [7, 11) is 0. The molecule has 0 aromatic carbocycles. The number of nitrogens with one attached hydrogen (secondary N) is 2. The van der Waals surface area contributed by atoms with E-state index < -0.39 is 0 Å². The van der Waals surface area contributed by atoms with Crippen molar-refractivity contribution in [2.45, 2.75) is 19.5 Å². The third-order valence-electron chi connectivity index (χ3n) is 2.23. The van der Waals surface area contributed by atoms with Gasteiger partial charge in [0.1, 0.15) is 11.5 Å². The van der Waals surface area contributed by atoms with E-state index in [9.17, 15) is 0 Å². The lowest BCUT2D eigenvalue weighted by Gasteiger charge is -2.21. The molecule has 2 heterocycles. The second kappa shape index (κ2) is 4.57. The second-order valence-electron chi connectivity index (χ2n) is 3.44. The Kier molecular flexibility index (Phi) is 3.15. The average molecular weight is 209 g/mol. The van der Waals surface area contributed by atoms with Crippen molar-refractivity contribution < 1.29 is 9.25 Å². The fourth-order valence-electron chi connectivity index (χ4n) is 1.62. The van der Waals surface area contributed by atoms with Crippen LogP contribution in [0.25, 0.3) is 0 Å². The van der Waals surface area contributed by atoms with Crippen molar-refractivity contribution in [2.24, 2.45) is 0 Å². The Labute approximate surface area is 88.5 Å². The smallest absolute Gasteiger partial charge is 0.191 e. The van der Waals surface area contributed by atoms with Crippen molar-refractivity contribution in [2.75, 3.05) is 13.2 Å². The molecular weight excluding hydrogens is 194 g/mol. The van der Waals surface area contributed by atoms with Crippen molar-refractivity contribution in [3.8, 4) is 0 Å². The Morgan fingerprint density at radius 2 is 2.67 bits per heavy atom. The molecule has 0 radical (unpaired) electrons. The minimum atomic E-state index is 0.0474. The molecule has 1 unspecified atom stereocenters. The zero-order valence-corrected chi connectivity index (χ0v) is 8.75. The van der Waals surface area contributed by atoms with Crippen LogP contribution in [-0.4, -0.2) is 18.1 Å². The van der Waals surface area contributed by atoms with Gasteiger partial charge in [-0.05, 0) is 0 Å². The Bertz CT molecular complexity index is 348. The Balaban J connectivity index is 2.04. The minimum Gasteiger partial charge on any atom is -0.444 e. The van der Waals surface area contributed by atoms with Crippen LogP contribution in [0.5, 0.6) is 0 Å². The van der Waals surface area contributed by atoms with E-state index in [2.05, 4.69) is 22.4 Å². The van der Waals surface area contributed by atoms with Gasteiger partial charge in [-0.1, -0.05) is 6.08 Å². The quantitative estimate of drug-likeness (QED) is 0.437. The number of hydrogen-bond donors (Lipinski definition) is 2. The first-order valence-corrected chi connectivity index (χ1v) is 4.96. The van der Waals surface area contributed by atoms with E-state index in [-0.39, 0.29) is 6.04 Å². The lowest BCUT2D eigenvalue weighted by atomic mass is 10.1. The fraction of sp³-hybridized carbons (Fsp3) is 0.500. The minimum absolute atomic E-state index is 0.0474. The monoisotopic (exact) mass is 209 g/mol. The first kappa shape index (κ1) is 10.4. The zero-order valence-electron chi connectivity index (χ0n) is 8.75. The number of hydroxylamine groups is 1. The third kappa shape index (κ3) is 2.26. The van der Waals surface area contributed by atoms with E-state index in [1.165, 1.54) is 0 Å².